The zero-order valence-corrected chi connectivity index (χ0v) is 10.6. The lowest BCUT2D eigenvalue weighted by atomic mass is 10.2. The summed E-state index contributed by atoms with van der Waals surface area (Å²) in [6.07, 6.45) is 5.64. The normalized spacial score (nSPS) is 22.1. The van der Waals surface area contributed by atoms with Gasteiger partial charge in [0.15, 0.2) is 0 Å². The lowest BCUT2D eigenvalue weighted by molar-refractivity contribution is 0.177. The van der Waals surface area contributed by atoms with Gasteiger partial charge >= 0.3 is 0 Å². The molecule has 2 heteroatoms. The minimum absolute atomic E-state index is 0.675. The first-order chi connectivity index (χ1) is 8.36. The molecular formula is C15H22N2. The van der Waals surface area contributed by atoms with Crippen molar-refractivity contribution in [1.82, 2.24) is 10.2 Å². The van der Waals surface area contributed by atoms with Gasteiger partial charge in [0.05, 0.1) is 0 Å². The van der Waals surface area contributed by atoms with Crippen molar-refractivity contribution >= 4 is 6.08 Å². The lowest BCUT2D eigenvalue weighted by Crippen LogP contribution is -2.49. The van der Waals surface area contributed by atoms with E-state index in [-0.39, 0.29) is 0 Å². The first-order valence-corrected chi connectivity index (χ1v) is 6.52. The van der Waals surface area contributed by atoms with Gasteiger partial charge < -0.3 is 5.32 Å². The third kappa shape index (κ3) is 3.99. The highest BCUT2D eigenvalue weighted by Crippen LogP contribution is 2.05. The van der Waals surface area contributed by atoms with E-state index in [9.17, 15) is 0 Å². The van der Waals surface area contributed by atoms with Crippen LogP contribution in [0, 0.1) is 0 Å². The molecule has 1 atom stereocenters. The Bertz CT molecular complexity index is 345. The van der Waals surface area contributed by atoms with Crippen molar-refractivity contribution in [2.45, 2.75) is 19.4 Å². The topological polar surface area (TPSA) is 15.3 Å². The molecule has 2 rings (SSSR count). The van der Waals surface area contributed by atoms with Gasteiger partial charge in [-0.3, -0.25) is 4.90 Å². The Hall–Kier alpha value is -1.12. The molecule has 0 unspecified atom stereocenters. The Kier molecular flexibility index (Phi) is 4.77. The minimum Gasteiger partial charge on any atom is -0.314 e. The molecule has 1 N–H and O–H groups in total. The van der Waals surface area contributed by atoms with Crippen LogP contribution in [0.4, 0.5) is 0 Å². The zero-order valence-electron chi connectivity index (χ0n) is 10.6. The second kappa shape index (κ2) is 6.58. The number of nitrogens with one attached hydrogen (secondary N) is 1. The number of benzene rings is 1. The SMILES string of the molecule is C[C@@H]1CNCCN1CC/C=C/c1ccccc1. The fourth-order valence-corrected chi connectivity index (χ4v) is 2.24. The number of rotatable bonds is 4. The smallest absolute Gasteiger partial charge is 0.0193 e. The number of nitrogens with zero attached hydrogens (tertiary/aromatic N) is 1. The van der Waals surface area contributed by atoms with Crippen LogP contribution in [0.25, 0.3) is 6.08 Å². The summed E-state index contributed by atoms with van der Waals surface area (Å²) in [6, 6.07) is 11.2. The molecular weight excluding hydrogens is 208 g/mol. The Morgan fingerprint density at radius 2 is 2.18 bits per heavy atom. The molecule has 0 amide bonds. The van der Waals surface area contributed by atoms with E-state index in [0.29, 0.717) is 6.04 Å². The van der Waals surface area contributed by atoms with Crippen LogP contribution in [0.2, 0.25) is 0 Å². The highest BCUT2D eigenvalue weighted by molar-refractivity contribution is 5.48. The molecule has 0 aromatic heterocycles. The first-order valence-electron chi connectivity index (χ1n) is 6.52. The average Bonchev–Trinajstić information content (AvgIpc) is 2.38. The van der Waals surface area contributed by atoms with Crippen molar-refractivity contribution in [3.63, 3.8) is 0 Å². The van der Waals surface area contributed by atoms with Crippen molar-refractivity contribution in [3.8, 4) is 0 Å². The highest BCUT2D eigenvalue weighted by atomic mass is 15.2. The van der Waals surface area contributed by atoms with Crippen molar-refractivity contribution in [3.05, 3.63) is 42.0 Å². The van der Waals surface area contributed by atoms with E-state index in [0.717, 1.165) is 19.5 Å². The van der Waals surface area contributed by atoms with Gasteiger partial charge in [-0.05, 0) is 18.9 Å². The van der Waals surface area contributed by atoms with E-state index < -0.39 is 0 Å². The standard InChI is InChI=1S/C15H22N2/c1-14-13-16-10-12-17(14)11-6-5-9-15-7-3-2-4-8-15/h2-5,7-9,14,16H,6,10-13H2,1H3/b9-5+/t14-/m1/s1. The second-order valence-electron chi connectivity index (χ2n) is 4.69. The van der Waals surface area contributed by atoms with Gasteiger partial charge in [0.2, 0.25) is 0 Å². The fourth-order valence-electron chi connectivity index (χ4n) is 2.24. The predicted molar refractivity (Wildman–Crippen MR) is 74.0 cm³/mol. The summed E-state index contributed by atoms with van der Waals surface area (Å²) in [5.41, 5.74) is 1.29. The van der Waals surface area contributed by atoms with Crippen LogP contribution in [0.5, 0.6) is 0 Å². The number of hydrogen-bond donors (Lipinski definition) is 1. The molecule has 0 radical (unpaired) electrons. The van der Waals surface area contributed by atoms with Gasteiger partial charge in [0.25, 0.3) is 0 Å². The molecule has 0 bridgehead atoms. The highest BCUT2D eigenvalue weighted by Gasteiger charge is 2.15. The molecule has 1 fully saturated rings. The summed E-state index contributed by atoms with van der Waals surface area (Å²) in [7, 11) is 0. The maximum atomic E-state index is 3.42. The monoisotopic (exact) mass is 230 g/mol. The number of piperazine rings is 1. The molecule has 1 aromatic carbocycles. The van der Waals surface area contributed by atoms with Crippen LogP contribution < -0.4 is 5.32 Å². The lowest BCUT2D eigenvalue weighted by Gasteiger charge is -2.33. The van der Waals surface area contributed by atoms with Gasteiger partial charge in [-0.15, -0.1) is 0 Å². The van der Waals surface area contributed by atoms with E-state index >= 15 is 0 Å². The summed E-state index contributed by atoms with van der Waals surface area (Å²) in [5, 5.41) is 3.42. The van der Waals surface area contributed by atoms with E-state index in [2.05, 4.69) is 59.6 Å². The van der Waals surface area contributed by atoms with Crippen LogP contribution in [-0.4, -0.2) is 37.1 Å². The Balaban J connectivity index is 1.73. The van der Waals surface area contributed by atoms with E-state index in [1.807, 2.05) is 0 Å². The van der Waals surface area contributed by atoms with Gasteiger partial charge in [-0.25, -0.2) is 0 Å². The summed E-state index contributed by atoms with van der Waals surface area (Å²) < 4.78 is 0. The molecule has 1 aliphatic heterocycles. The molecule has 1 saturated heterocycles. The van der Waals surface area contributed by atoms with E-state index in [4.69, 9.17) is 0 Å². The van der Waals surface area contributed by atoms with E-state index in [1.54, 1.807) is 0 Å². The maximum Gasteiger partial charge on any atom is 0.0193 e. The molecule has 0 saturated carbocycles. The van der Waals surface area contributed by atoms with Crippen molar-refractivity contribution in [2.24, 2.45) is 0 Å². The summed E-state index contributed by atoms with van der Waals surface area (Å²) in [5.74, 6) is 0. The van der Waals surface area contributed by atoms with Crippen LogP contribution in [-0.2, 0) is 0 Å². The molecule has 1 aliphatic rings. The summed E-state index contributed by atoms with van der Waals surface area (Å²) in [6.45, 7) is 6.91. The Labute approximate surface area is 104 Å². The predicted octanol–water partition coefficient (Wildman–Crippen LogP) is 2.38. The molecule has 17 heavy (non-hydrogen) atoms. The largest absolute Gasteiger partial charge is 0.314 e. The molecule has 0 spiro atoms. The van der Waals surface area contributed by atoms with Gasteiger partial charge in [0, 0.05) is 32.2 Å². The van der Waals surface area contributed by atoms with Gasteiger partial charge in [-0.1, -0.05) is 42.5 Å². The third-order valence-electron chi connectivity index (χ3n) is 3.33. The Morgan fingerprint density at radius 3 is 2.94 bits per heavy atom. The van der Waals surface area contributed by atoms with Crippen molar-refractivity contribution in [1.29, 1.82) is 0 Å². The number of hydrogen-bond acceptors (Lipinski definition) is 2. The quantitative estimate of drug-likeness (QED) is 0.854. The second-order valence-corrected chi connectivity index (χ2v) is 4.69. The third-order valence-corrected chi connectivity index (χ3v) is 3.33. The van der Waals surface area contributed by atoms with Crippen molar-refractivity contribution in [2.75, 3.05) is 26.2 Å². The minimum atomic E-state index is 0.675. The fraction of sp³-hybridized carbons (Fsp3) is 0.467. The summed E-state index contributed by atoms with van der Waals surface area (Å²) in [4.78, 5) is 2.56. The molecule has 0 aliphatic carbocycles. The van der Waals surface area contributed by atoms with Crippen molar-refractivity contribution < 1.29 is 0 Å². The van der Waals surface area contributed by atoms with Crippen LogP contribution in [0.15, 0.2) is 36.4 Å². The first kappa shape index (κ1) is 12.3. The average molecular weight is 230 g/mol. The molecule has 92 valence electrons. The molecule has 1 heterocycles. The van der Waals surface area contributed by atoms with Gasteiger partial charge in [-0.2, -0.15) is 0 Å². The summed E-state index contributed by atoms with van der Waals surface area (Å²) >= 11 is 0. The van der Waals surface area contributed by atoms with Crippen LogP contribution in [0.1, 0.15) is 18.9 Å². The maximum absolute atomic E-state index is 3.42. The van der Waals surface area contributed by atoms with E-state index in [1.165, 1.54) is 18.7 Å². The van der Waals surface area contributed by atoms with Gasteiger partial charge in [0.1, 0.15) is 0 Å². The molecule has 2 nitrogen and oxygen atoms in total. The van der Waals surface area contributed by atoms with Crippen LogP contribution in [0.3, 0.4) is 0 Å². The Morgan fingerprint density at radius 1 is 1.35 bits per heavy atom. The molecule has 1 aromatic rings. The zero-order chi connectivity index (χ0) is 11.9. The van der Waals surface area contributed by atoms with Crippen LogP contribution >= 0.6 is 0 Å².